The first-order valence-electron chi connectivity index (χ1n) is 5.49. The van der Waals surface area contributed by atoms with Gasteiger partial charge in [-0.1, -0.05) is 48.0 Å². The number of hydrogen-bond acceptors (Lipinski definition) is 1. The Balaban J connectivity index is 2.16. The predicted molar refractivity (Wildman–Crippen MR) is 70.7 cm³/mol. The summed E-state index contributed by atoms with van der Waals surface area (Å²) in [5.74, 6) is 0.0966. The second kappa shape index (κ2) is 5.15. The van der Waals surface area contributed by atoms with Gasteiger partial charge < -0.3 is 0 Å². The van der Waals surface area contributed by atoms with E-state index in [0.717, 1.165) is 17.0 Å². The summed E-state index contributed by atoms with van der Waals surface area (Å²) in [6, 6.07) is 15.5. The molecule has 0 aliphatic heterocycles. The van der Waals surface area contributed by atoms with Crippen molar-refractivity contribution in [2.24, 2.45) is 0 Å². The van der Waals surface area contributed by atoms with E-state index in [0.29, 0.717) is 0 Å². The van der Waals surface area contributed by atoms with Gasteiger partial charge in [-0.15, -0.1) is 0 Å². The molecule has 0 spiro atoms. The van der Waals surface area contributed by atoms with Gasteiger partial charge in [-0.3, -0.25) is 4.79 Å². The predicted octanol–water partition coefficient (Wildman–Crippen LogP) is 4.13. The van der Waals surface area contributed by atoms with Gasteiger partial charge in [0.1, 0.15) is 0 Å². The molecule has 2 heteroatoms. The lowest BCUT2D eigenvalue weighted by molar-refractivity contribution is 0.101. The van der Waals surface area contributed by atoms with Crippen molar-refractivity contribution in [3.05, 3.63) is 70.2 Å². The highest BCUT2D eigenvalue weighted by atomic mass is 35.5. The molecule has 0 bridgehead atoms. The molecule has 0 radical (unpaired) electrons. The second-order valence-electron chi connectivity index (χ2n) is 4.06. The fourth-order valence-corrected chi connectivity index (χ4v) is 1.95. The SMILES string of the molecule is CC(=O)c1ccc(Cc2cccc(Cl)c2)cc1. The number of rotatable bonds is 3. The van der Waals surface area contributed by atoms with Crippen LogP contribution in [0, 0.1) is 0 Å². The van der Waals surface area contributed by atoms with Crippen LogP contribution in [-0.2, 0) is 6.42 Å². The van der Waals surface area contributed by atoms with Crippen LogP contribution in [0.5, 0.6) is 0 Å². The Bertz CT molecular complexity index is 529. The average Bonchev–Trinajstić information content (AvgIpc) is 2.29. The second-order valence-corrected chi connectivity index (χ2v) is 4.50. The molecule has 0 fully saturated rings. The van der Waals surface area contributed by atoms with Crippen molar-refractivity contribution in [3.63, 3.8) is 0 Å². The number of Topliss-reactive ketones (excluding diaryl/α,β-unsaturated/α-hetero) is 1. The van der Waals surface area contributed by atoms with Gasteiger partial charge >= 0.3 is 0 Å². The van der Waals surface area contributed by atoms with Crippen LogP contribution in [0.3, 0.4) is 0 Å². The minimum Gasteiger partial charge on any atom is -0.295 e. The molecule has 17 heavy (non-hydrogen) atoms. The van der Waals surface area contributed by atoms with E-state index < -0.39 is 0 Å². The fraction of sp³-hybridized carbons (Fsp3) is 0.133. The quantitative estimate of drug-likeness (QED) is 0.742. The van der Waals surface area contributed by atoms with E-state index in [4.69, 9.17) is 11.6 Å². The van der Waals surface area contributed by atoms with E-state index in [1.165, 1.54) is 11.1 Å². The third-order valence-corrected chi connectivity index (χ3v) is 2.89. The maximum Gasteiger partial charge on any atom is 0.159 e. The molecule has 0 atom stereocenters. The molecule has 2 rings (SSSR count). The van der Waals surface area contributed by atoms with Gasteiger partial charge in [0, 0.05) is 10.6 Å². The monoisotopic (exact) mass is 244 g/mol. The van der Waals surface area contributed by atoms with Crippen molar-refractivity contribution in [2.45, 2.75) is 13.3 Å². The maximum absolute atomic E-state index is 11.1. The van der Waals surface area contributed by atoms with Gasteiger partial charge in [0.05, 0.1) is 0 Å². The highest BCUT2D eigenvalue weighted by Gasteiger charge is 2.00. The highest BCUT2D eigenvalue weighted by Crippen LogP contribution is 2.15. The first-order chi connectivity index (χ1) is 8.15. The van der Waals surface area contributed by atoms with Crippen molar-refractivity contribution in [1.29, 1.82) is 0 Å². The van der Waals surface area contributed by atoms with Gasteiger partial charge in [0.25, 0.3) is 0 Å². The van der Waals surface area contributed by atoms with Crippen LogP contribution in [0.1, 0.15) is 28.4 Å². The Kier molecular flexibility index (Phi) is 3.60. The van der Waals surface area contributed by atoms with Gasteiger partial charge in [-0.05, 0) is 36.6 Å². The number of hydrogen-bond donors (Lipinski definition) is 0. The number of carbonyl (C=O) groups is 1. The Morgan fingerprint density at radius 2 is 1.76 bits per heavy atom. The minimum atomic E-state index is 0.0966. The summed E-state index contributed by atoms with van der Waals surface area (Å²) in [6.45, 7) is 1.58. The van der Waals surface area contributed by atoms with Gasteiger partial charge in [0.15, 0.2) is 5.78 Å². The molecule has 2 aromatic rings. The van der Waals surface area contributed by atoms with Crippen molar-refractivity contribution in [2.75, 3.05) is 0 Å². The largest absolute Gasteiger partial charge is 0.295 e. The van der Waals surface area contributed by atoms with Crippen molar-refractivity contribution in [1.82, 2.24) is 0 Å². The van der Waals surface area contributed by atoms with E-state index in [1.807, 2.05) is 48.5 Å². The molecule has 0 aromatic heterocycles. The third-order valence-electron chi connectivity index (χ3n) is 2.66. The zero-order chi connectivity index (χ0) is 12.3. The lowest BCUT2D eigenvalue weighted by atomic mass is 10.0. The average molecular weight is 245 g/mol. The van der Waals surface area contributed by atoms with Gasteiger partial charge in [0.2, 0.25) is 0 Å². The Morgan fingerprint density at radius 3 is 2.35 bits per heavy atom. The lowest BCUT2D eigenvalue weighted by Crippen LogP contribution is -1.93. The van der Waals surface area contributed by atoms with Crippen molar-refractivity contribution < 1.29 is 4.79 Å². The number of benzene rings is 2. The van der Waals surface area contributed by atoms with Crippen molar-refractivity contribution >= 4 is 17.4 Å². The fourth-order valence-electron chi connectivity index (χ4n) is 1.74. The topological polar surface area (TPSA) is 17.1 Å². The minimum absolute atomic E-state index is 0.0966. The van der Waals surface area contributed by atoms with E-state index in [-0.39, 0.29) is 5.78 Å². The van der Waals surface area contributed by atoms with Crippen LogP contribution in [0.25, 0.3) is 0 Å². The summed E-state index contributed by atoms with van der Waals surface area (Å²) in [5, 5.41) is 0.753. The molecule has 0 saturated carbocycles. The maximum atomic E-state index is 11.1. The molecule has 86 valence electrons. The van der Waals surface area contributed by atoms with Crippen LogP contribution < -0.4 is 0 Å². The summed E-state index contributed by atoms with van der Waals surface area (Å²) in [7, 11) is 0. The molecular weight excluding hydrogens is 232 g/mol. The third kappa shape index (κ3) is 3.18. The standard InChI is InChI=1S/C15H13ClO/c1-11(17)14-7-5-12(6-8-14)9-13-3-2-4-15(16)10-13/h2-8,10H,9H2,1H3. The van der Waals surface area contributed by atoms with Crippen LogP contribution in [0.15, 0.2) is 48.5 Å². The van der Waals surface area contributed by atoms with Crippen LogP contribution in [0.2, 0.25) is 5.02 Å². The number of ketones is 1. The summed E-state index contributed by atoms with van der Waals surface area (Å²) in [4.78, 5) is 11.1. The van der Waals surface area contributed by atoms with E-state index in [1.54, 1.807) is 6.92 Å². The summed E-state index contributed by atoms with van der Waals surface area (Å²) < 4.78 is 0. The first-order valence-corrected chi connectivity index (χ1v) is 5.87. The Labute approximate surface area is 106 Å². The molecule has 0 heterocycles. The van der Waals surface area contributed by atoms with Crippen LogP contribution >= 0.6 is 11.6 Å². The first kappa shape index (κ1) is 11.9. The molecule has 0 aliphatic carbocycles. The van der Waals surface area contributed by atoms with Crippen LogP contribution in [-0.4, -0.2) is 5.78 Å². The number of halogens is 1. The molecule has 0 N–H and O–H groups in total. The van der Waals surface area contributed by atoms with E-state index in [2.05, 4.69) is 0 Å². The molecule has 0 aliphatic rings. The highest BCUT2D eigenvalue weighted by molar-refractivity contribution is 6.30. The summed E-state index contributed by atoms with van der Waals surface area (Å²) in [6.07, 6.45) is 0.832. The Morgan fingerprint density at radius 1 is 1.06 bits per heavy atom. The normalized spacial score (nSPS) is 10.2. The van der Waals surface area contributed by atoms with Gasteiger partial charge in [-0.25, -0.2) is 0 Å². The van der Waals surface area contributed by atoms with E-state index >= 15 is 0 Å². The van der Waals surface area contributed by atoms with Crippen LogP contribution in [0.4, 0.5) is 0 Å². The zero-order valence-electron chi connectivity index (χ0n) is 9.61. The summed E-state index contributed by atoms with van der Waals surface area (Å²) >= 11 is 5.93. The smallest absolute Gasteiger partial charge is 0.159 e. The number of carbonyl (C=O) groups excluding carboxylic acids is 1. The molecule has 2 aromatic carbocycles. The molecule has 0 saturated heterocycles. The molecule has 0 amide bonds. The zero-order valence-corrected chi connectivity index (χ0v) is 10.4. The lowest BCUT2D eigenvalue weighted by Gasteiger charge is -2.03. The molecular formula is C15H13ClO. The van der Waals surface area contributed by atoms with Gasteiger partial charge in [-0.2, -0.15) is 0 Å². The van der Waals surface area contributed by atoms with E-state index in [9.17, 15) is 4.79 Å². The van der Waals surface area contributed by atoms with Crippen molar-refractivity contribution in [3.8, 4) is 0 Å². The Hall–Kier alpha value is -1.60. The summed E-state index contributed by atoms with van der Waals surface area (Å²) in [5.41, 5.74) is 3.10. The molecule has 1 nitrogen and oxygen atoms in total. The molecule has 0 unspecified atom stereocenters.